The maximum atomic E-state index is 5.95. The van der Waals surface area contributed by atoms with Gasteiger partial charge in [0.05, 0.1) is 5.69 Å². The molecule has 4 aromatic rings. The molecule has 0 aliphatic heterocycles. The zero-order valence-corrected chi connectivity index (χ0v) is 13.1. The van der Waals surface area contributed by atoms with Crippen LogP contribution in [-0.2, 0) is 0 Å². The lowest BCUT2D eigenvalue weighted by molar-refractivity contribution is 1.17. The van der Waals surface area contributed by atoms with Crippen molar-refractivity contribution in [2.24, 2.45) is 0 Å². The Hall–Kier alpha value is -3.15. The number of aromatic amines is 1. The zero-order valence-electron chi connectivity index (χ0n) is 13.1. The summed E-state index contributed by atoms with van der Waals surface area (Å²) < 4.78 is 0. The first kappa shape index (κ1) is 14.4. The summed E-state index contributed by atoms with van der Waals surface area (Å²) in [6.45, 7) is 1.97. The van der Waals surface area contributed by atoms with E-state index in [0.717, 1.165) is 39.0 Å². The fourth-order valence-corrected chi connectivity index (χ4v) is 2.60. The van der Waals surface area contributed by atoms with E-state index in [1.807, 2.05) is 49.5 Å². The van der Waals surface area contributed by atoms with Crippen LogP contribution in [0.3, 0.4) is 0 Å². The molecule has 0 saturated carbocycles. The number of nitrogens with zero attached hydrogens (tertiary/aromatic N) is 3. The van der Waals surface area contributed by atoms with Crippen LogP contribution in [0.4, 0.5) is 11.6 Å². The lowest BCUT2D eigenvalue weighted by Crippen LogP contribution is -2.08. The van der Waals surface area contributed by atoms with E-state index < -0.39 is 0 Å². The zero-order chi connectivity index (χ0) is 16.5. The number of benzene rings is 1. The summed E-state index contributed by atoms with van der Waals surface area (Å²) in [5.74, 6) is 0.524. The van der Waals surface area contributed by atoms with E-state index in [9.17, 15) is 0 Å². The number of H-pyrrole nitrogens is 1. The van der Waals surface area contributed by atoms with E-state index in [1.165, 1.54) is 0 Å². The highest BCUT2D eigenvalue weighted by Crippen LogP contribution is 2.26. The van der Waals surface area contributed by atoms with Gasteiger partial charge < -0.3 is 10.3 Å². The van der Waals surface area contributed by atoms with Gasteiger partial charge in [-0.25, -0.2) is 15.0 Å². The van der Waals surface area contributed by atoms with Crippen LogP contribution in [0, 0.1) is 6.92 Å². The predicted molar refractivity (Wildman–Crippen MR) is 97.0 cm³/mol. The Morgan fingerprint density at radius 3 is 2.79 bits per heavy atom. The minimum Gasteiger partial charge on any atom is -0.346 e. The third kappa shape index (κ3) is 2.62. The molecule has 0 spiro atoms. The molecule has 0 bridgehead atoms. The highest BCUT2D eigenvalue weighted by Gasteiger charge is 2.08. The number of pyridine rings is 1. The van der Waals surface area contributed by atoms with Crippen LogP contribution in [0.25, 0.3) is 22.3 Å². The van der Waals surface area contributed by atoms with Crippen molar-refractivity contribution in [3.05, 3.63) is 60.6 Å². The maximum Gasteiger partial charge on any atom is 0.227 e. The maximum absolute atomic E-state index is 5.95. The molecule has 0 fully saturated rings. The van der Waals surface area contributed by atoms with Crippen LogP contribution in [0.15, 0.2) is 55.0 Å². The smallest absolute Gasteiger partial charge is 0.227 e. The van der Waals surface area contributed by atoms with Crippen molar-refractivity contribution in [3.63, 3.8) is 0 Å². The molecule has 0 aliphatic carbocycles. The lowest BCUT2D eigenvalue weighted by Gasteiger charge is -2.09. The second-order valence-electron chi connectivity index (χ2n) is 5.56. The Morgan fingerprint density at radius 1 is 1.04 bits per heavy atom. The SMILES string of the molecule is [B]c1cc(Nc2nccc(-c3ccnc4[nH]ccc34)n2)ccc1C. The van der Waals surface area contributed by atoms with Gasteiger partial charge in [0.1, 0.15) is 13.5 Å². The first-order valence-electron chi connectivity index (χ1n) is 7.59. The second kappa shape index (κ2) is 5.81. The summed E-state index contributed by atoms with van der Waals surface area (Å²) in [6, 6.07) is 11.6. The molecule has 5 nitrogen and oxygen atoms in total. The third-order valence-corrected chi connectivity index (χ3v) is 3.93. The number of nitrogens with one attached hydrogen (secondary N) is 2. The summed E-state index contributed by atoms with van der Waals surface area (Å²) in [4.78, 5) is 16.3. The Morgan fingerprint density at radius 2 is 1.92 bits per heavy atom. The molecule has 0 atom stereocenters. The first-order chi connectivity index (χ1) is 11.7. The highest BCUT2D eigenvalue weighted by molar-refractivity contribution is 6.33. The molecule has 114 valence electrons. The summed E-state index contributed by atoms with van der Waals surface area (Å²) >= 11 is 0. The van der Waals surface area contributed by atoms with E-state index in [2.05, 4.69) is 25.3 Å². The van der Waals surface area contributed by atoms with Crippen molar-refractivity contribution in [3.8, 4) is 11.3 Å². The average Bonchev–Trinajstić information content (AvgIpc) is 3.07. The molecular formula is C18H14BN5. The Bertz CT molecular complexity index is 1020. The number of hydrogen-bond acceptors (Lipinski definition) is 4. The molecule has 24 heavy (non-hydrogen) atoms. The molecule has 6 heteroatoms. The second-order valence-corrected chi connectivity index (χ2v) is 5.56. The van der Waals surface area contributed by atoms with E-state index >= 15 is 0 Å². The summed E-state index contributed by atoms with van der Waals surface area (Å²) in [5, 5.41) is 4.23. The van der Waals surface area contributed by atoms with Gasteiger partial charge in [-0.15, -0.1) is 0 Å². The normalized spacial score (nSPS) is 10.9. The molecular weight excluding hydrogens is 297 g/mol. The largest absolute Gasteiger partial charge is 0.346 e. The molecule has 1 aromatic carbocycles. The van der Waals surface area contributed by atoms with Gasteiger partial charge in [-0.1, -0.05) is 17.1 Å². The van der Waals surface area contributed by atoms with Crippen molar-refractivity contribution >= 4 is 36.0 Å². The van der Waals surface area contributed by atoms with Gasteiger partial charge >= 0.3 is 0 Å². The molecule has 0 saturated heterocycles. The van der Waals surface area contributed by atoms with E-state index in [4.69, 9.17) is 7.85 Å². The van der Waals surface area contributed by atoms with E-state index in [-0.39, 0.29) is 0 Å². The van der Waals surface area contributed by atoms with Crippen LogP contribution < -0.4 is 10.8 Å². The third-order valence-electron chi connectivity index (χ3n) is 3.93. The quantitative estimate of drug-likeness (QED) is 0.571. The van der Waals surface area contributed by atoms with Crippen LogP contribution >= 0.6 is 0 Å². The van der Waals surface area contributed by atoms with E-state index in [1.54, 1.807) is 12.4 Å². The molecule has 4 rings (SSSR count). The van der Waals surface area contributed by atoms with Gasteiger partial charge in [0.2, 0.25) is 5.95 Å². The minimum atomic E-state index is 0.524. The van der Waals surface area contributed by atoms with Crippen molar-refractivity contribution in [2.45, 2.75) is 6.92 Å². The van der Waals surface area contributed by atoms with Crippen molar-refractivity contribution in [2.75, 3.05) is 5.32 Å². The standard InChI is InChI=1S/C18H14BN5/c1-11-2-3-12(10-15(11)19)23-18-22-9-6-16(24-18)13-4-7-20-17-14(13)5-8-21-17/h2-10H,1H3,(H,20,21)(H,22,23,24). The highest BCUT2D eigenvalue weighted by atomic mass is 15.1. The van der Waals surface area contributed by atoms with Crippen LogP contribution in [-0.4, -0.2) is 27.8 Å². The van der Waals surface area contributed by atoms with Gasteiger partial charge in [-0.3, -0.25) is 0 Å². The van der Waals surface area contributed by atoms with Crippen molar-refractivity contribution < 1.29 is 0 Å². The number of rotatable bonds is 3. The van der Waals surface area contributed by atoms with Crippen LogP contribution in [0.2, 0.25) is 0 Å². The molecule has 0 aliphatic rings. The summed E-state index contributed by atoms with van der Waals surface area (Å²) in [7, 11) is 5.95. The molecule has 0 amide bonds. The first-order valence-corrected chi connectivity index (χ1v) is 7.59. The fourth-order valence-electron chi connectivity index (χ4n) is 2.60. The topological polar surface area (TPSA) is 66.5 Å². The monoisotopic (exact) mass is 311 g/mol. The lowest BCUT2D eigenvalue weighted by atomic mass is 9.91. The van der Waals surface area contributed by atoms with Gasteiger partial charge in [0.15, 0.2) is 0 Å². The van der Waals surface area contributed by atoms with Gasteiger partial charge in [-0.05, 0) is 37.3 Å². The summed E-state index contributed by atoms with van der Waals surface area (Å²) in [5.41, 5.74) is 5.32. The molecule has 2 radical (unpaired) electrons. The van der Waals surface area contributed by atoms with Gasteiger partial charge in [0.25, 0.3) is 0 Å². The van der Waals surface area contributed by atoms with Crippen LogP contribution in [0.5, 0.6) is 0 Å². The van der Waals surface area contributed by atoms with Gasteiger partial charge in [0, 0.05) is 35.2 Å². The molecule has 0 unspecified atom stereocenters. The fraction of sp³-hybridized carbons (Fsp3) is 0.0556. The number of anilines is 2. The molecule has 2 N–H and O–H groups in total. The van der Waals surface area contributed by atoms with Crippen molar-refractivity contribution in [1.82, 2.24) is 19.9 Å². The number of aromatic nitrogens is 4. The minimum absolute atomic E-state index is 0.524. The number of hydrogen-bond donors (Lipinski definition) is 2. The molecule has 3 heterocycles. The Labute approximate surface area is 140 Å². The Balaban J connectivity index is 1.71. The number of fused-ring (bicyclic) bond motifs is 1. The number of aryl methyl sites for hydroxylation is 1. The molecule has 3 aromatic heterocycles. The van der Waals surface area contributed by atoms with Gasteiger partial charge in [-0.2, -0.15) is 0 Å². The summed E-state index contributed by atoms with van der Waals surface area (Å²) in [6.07, 6.45) is 5.38. The van der Waals surface area contributed by atoms with Crippen molar-refractivity contribution in [1.29, 1.82) is 0 Å². The average molecular weight is 311 g/mol. The predicted octanol–water partition coefficient (Wildman–Crippen LogP) is 2.87. The van der Waals surface area contributed by atoms with Crippen LogP contribution in [0.1, 0.15) is 5.56 Å². The Kier molecular flexibility index (Phi) is 3.50. The van der Waals surface area contributed by atoms with E-state index in [0.29, 0.717) is 5.95 Å².